The van der Waals surface area contributed by atoms with E-state index in [1.807, 2.05) is 0 Å². The Balaban J connectivity index is 1.93. The molecule has 0 spiro atoms. The van der Waals surface area contributed by atoms with E-state index in [0.717, 1.165) is 12.8 Å². The third-order valence-corrected chi connectivity index (χ3v) is 3.12. The first-order valence-electron chi connectivity index (χ1n) is 6.86. The SMILES string of the molecule is CCCCNC(=O)C(C)Oc1ccc2c(c1)OCC2=O. The minimum Gasteiger partial charge on any atom is -0.485 e. The van der Waals surface area contributed by atoms with E-state index in [4.69, 9.17) is 9.47 Å². The van der Waals surface area contributed by atoms with E-state index in [9.17, 15) is 9.59 Å². The zero-order valence-corrected chi connectivity index (χ0v) is 11.8. The van der Waals surface area contributed by atoms with Crippen LogP contribution in [0.2, 0.25) is 0 Å². The molecular weight excluding hydrogens is 258 g/mol. The Morgan fingerprint density at radius 2 is 2.30 bits per heavy atom. The third kappa shape index (κ3) is 3.29. The smallest absolute Gasteiger partial charge is 0.260 e. The van der Waals surface area contributed by atoms with Crippen LogP contribution in [-0.2, 0) is 4.79 Å². The first-order valence-corrected chi connectivity index (χ1v) is 6.86. The zero-order chi connectivity index (χ0) is 14.5. The molecule has 5 heteroatoms. The molecule has 0 saturated carbocycles. The monoisotopic (exact) mass is 277 g/mol. The summed E-state index contributed by atoms with van der Waals surface area (Å²) in [4.78, 5) is 23.2. The summed E-state index contributed by atoms with van der Waals surface area (Å²) < 4.78 is 10.8. The summed E-state index contributed by atoms with van der Waals surface area (Å²) in [7, 11) is 0. The lowest BCUT2D eigenvalue weighted by Crippen LogP contribution is -2.36. The molecule has 1 N–H and O–H groups in total. The normalized spacial score (nSPS) is 14.4. The van der Waals surface area contributed by atoms with Gasteiger partial charge in [0.05, 0.1) is 5.56 Å². The van der Waals surface area contributed by atoms with Gasteiger partial charge in [-0.05, 0) is 25.5 Å². The van der Waals surface area contributed by atoms with Crippen molar-refractivity contribution in [1.82, 2.24) is 5.32 Å². The number of nitrogens with one attached hydrogen (secondary N) is 1. The minimum atomic E-state index is -0.581. The first kappa shape index (κ1) is 14.4. The highest BCUT2D eigenvalue weighted by molar-refractivity contribution is 6.02. The van der Waals surface area contributed by atoms with Crippen LogP contribution in [0.1, 0.15) is 37.0 Å². The molecule has 5 nitrogen and oxygen atoms in total. The molecule has 1 aliphatic rings. The zero-order valence-electron chi connectivity index (χ0n) is 11.8. The number of unbranched alkanes of at least 4 members (excludes halogenated alkanes) is 1. The molecule has 0 aromatic heterocycles. The van der Waals surface area contributed by atoms with Crippen molar-refractivity contribution in [2.45, 2.75) is 32.8 Å². The standard InChI is InChI=1S/C15H19NO4/c1-3-4-7-16-15(18)10(2)20-11-5-6-12-13(17)9-19-14(12)8-11/h5-6,8,10H,3-4,7,9H2,1-2H3,(H,16,18). The van der Waals surface area contributed by atoms with Crippen LogP contribution in [0.4, 0.5) is 0 Å². The van der Waals surface area contributed by atoms with Crippen molar-refractivity contribution in [1.29, 1.82) is 0 Å². The molecule has 20 heavy (non-hydrogen) atoms. The van der Waals surface area contributed by atoms with E-state index in [1.165, 1.54) is 0 Å². The van der Waals surface area contributed by atoms with Crippen LogP contribution in [0.3, 0.4) is 0 Å². The predicted octanol–water partition coefficient (Wildman–Crippen LogP) is 1.95. The number of fused-ring (bicyclic) bond motifs is 1. The summed E-state index contributed by atoms with van der Waals surface area (Å²) in [5, 5.41) is 2.81. The van der Waals surface area contributed by atoms with Gasteiger partial charge in [-0.3, -0.25) is 9.59 Å². The van der Waals surface area contributed by atoms with E-state index in [0.29, 0.717) is 23.6 Å². The van der Waals surface area contributed by atoms with Crippen LogP contribution in [0, 0.1) is 0 Å². The first-order chi connectivity index (χ1) is 9.61. The summed E-state index contributed by atoms with van der Waals surface area (Å²) in [5.41, 5.74) is 0.567. The number of carbonyl (C=O) groups excluding carboxylic acids is 2. The predicted molar refractivity (Wildman–Crippen MR) is 74.3 cm³/mol. The van der Waals surface area contributed by atoms with E-state index < -0.39 is 6.10 Å². The largest absolute Gasteiger partial charge is 0.485 e. The minimum absolute atomic E-state index is 0.0306. The number of benzene rings is 1. The number of carbonyl (C=O) groups is 2. The van der Waals surface area contributed by atoms with Gasteiger partial charge in [-0.2, -0.15) is 0 Å². The molecular formula is C15H19NO4. The second kappa shape index (κ2) is 6.41. The van der Waals surface area contributed by atoms with Gasteiger partial charge < -0.3 is 14.8 Å². The highest BCUT2D eigenvalue weighted by Crippen LogP contribution is 2.29. The molecule has 1 amide bonds. The number of ether oxygens (including phenoxy) is 2. The van der Waals surface area contributed by atoms with Gasteiger partial charge in [0.15, 0.2) is 12.7 Å². The fourth-order valence-electron chi connectivity index (χ4n) is 1.94. The Kier molecular flexibility index (Phi) is 4.61. The maximum absolute atomic E-state index is 11.8. The van der Waals surface area contributed by atoms with E-state index >= 15 is 0 Å². The van der Waals surface area contributed by atoms with Gasteiger partial charge in [0.25, 0.3) is 5.91 Å². The summed E-state index contributed by atoms with van der Waals surface area (Å²) in [6.07, 6.45) is 1.40. The molecule has 1 aliphatic heterocycles. The van der Waals surface area contributed by atoms with Crippen molar-refractivity contribution in [3.63, 3.8) is 0 Å². The molecule has 1 heterocycles. The van der Waals surface area contributed by atoms with Crippen LogP contribution < -0.4 is 14.8 Å². The number of ketones is 1. The molecule has 108 valence electrons. The van der Waals surface area contributed by atoms with E-state index in [1.54, 1.807) is 25.1 Å². The Morgan fingerprint density at radius 1 is 1.50 bits per heavy atom. The highest BCUT2D eigenvalue weighted by atomic mass is 16.5. The van der Waals surface area contributed by atoms with Gasteiger partial charge in [-0.1, -0.05) is 13.3 Å². The molecule has 0 radical (unpaired) electrons. The molecule has 1 atom stereocenters. The van der Waals surface area contributed by atoms with Crippen molar-refractivity contribution in [2.24, 2.45) is 0 Å². The van der Waals surface area contributed by atoms with Gasteiger partial charge in [0.1, 0.15) is 11.5 Å². The highest BCUT2D eigenvalue weighted by Gasteiger charge is 2.22. The van der Waals surface area contributed by atoms with Crippen LogP contribution in [0.15, 0.2) is 18.2 Å². The fourth-order valence-corrected chi connectivity index (χ4v) is 1.94. The number of rotatable bonds is 6. The number of hydrogen-bond donors (Lipinski definition) is 1. The van der Waals surface area contributed by atoms with Crippen molar-refractivity contribution >= 4 is 11.7 Å². The van der Waals surface area contributed by atoms with Gasteiger partial charge in [-0.15, -0.1) is 0 Å². The van der Waals surface area contributed by atoms with E-state index in [2.05, 4.69) is 12.2 Å². The quantitative estimate of drug-likeness (QED) is 0.807. The van der Waals surface area contributed by atoms with Crippen LogP contribution in [0.5, 0.6) is 11.5 Å². The topological polar surface area (TPSA) is 64.6 Å². The van der Waals surface area contributed by atoms with Gasteiger partial charge in [-0.25, -0.2) is 0 Å². The average molecular weight is 277 g/mol. The van der Waals surface area contributed by atoms with Crippen molar-refractivity contribution in [3.8, 4) is 11.5 Å². The lowest BCUT2D eigenvalue weighted by Gasteiger charge is -2.15. The number of amides is 1. The summed E-state index contributed by atoms with van der Waals surface area (Å²) in [6.45, 7) is 4.50. The van der Waals surface area contributed by atoms with Gasteiger partial charge in [0, 0.05) is 12.6 Å². The molecule has 1 aromatic rings. The van der Waals surface area contributed by atoms with E-state index in [-0.39, 0.29) is 18.3 Å². The van der Waals surface area contributed by atoms with Crippen molar-refractivity contribution in [3.05, 3.63) is 23.8 Å². The van der Waals surface area contributed by atoms with Crippen LogP contribution >= 0.6 is 0 Å². The van der Waals surface area contributed by atoms with Gasteiger partial charge >= 0.3 is 0 Å². The fraction of sp³-hybridized carbons (Fsp3) is 0.467. The third-order valence-electron chi connectivity index (χ3n) is 3.12. The maximum Gasteiger partial charge on any atom is 0.260 e. The molecule has 1 aromatic carbocycles. The second-order valence-corrected chi connectivity index (χ2v) is 4.77. The number of hydrogen-bond acceptors (Lipinski definition) is 4. The second-order valence-electron chi connectivity index (χ2n) is 4.77. The molecule has 0 saturated heterocycles. The summed E-state index contributed by atoms with van der Waals surface area (Å²) >= 11 is 0. The average Bonchev–Trinajstić information content (AvgIpc) is 2.80. The molecule has 0 fully saturated rings. The van der Waals surface area contributed by atoms with Crippen molar-refractivity contribution < 1.29 is 19.1 Å². The van der Waals surface area contributed by atoms with Gasteiger partial charge in [0.2, 0.25) is 5.78 Å². The Morgan fingerprint density at radius 3 is 3.05 bits per heavy atom. The Bertz CT molecular complexity index is 513. The molecule has 2 rings (SSSR count). The van der Waals surface area contributed by atoms with Crippen molar-refractivity contribution in [2.75, 3.05) is 13.2 Å². The Labute approximate surface area is 118 Å². The lowest BCUT2D eigenvalue weighted by molar-refractivity contribution is -0.127. The summed E-state index contributed by atoms with van der Waals surface area (Å²) in [5.74, 6) is 0.871. The van der Waals surface area contributed by atoms with Crippen LogP contribution in [0.25, 0.3) is 0 Å². The molecule has 0 bridgehead atoms. The number of Topliss-reactive ketones (excluding diaryl/α,β-unsaturated/α-hetero) is 1. The Hall–Kier alpha value is -2.04. The lowest BCUT2D eigenvalue weighted by atomic mass is 10.1. The molecule has 0 aliphatic carbocycles. The molecule has 1 unspecified atom stereocenters. The maximum atomic E-state index is 11.8. The van der Waals surface area contributed by atoms with Crippen LogP contribution in [-0.4, -0.2) is 30.9 Å². The summed E-state index contributed by atoms with van der Waals surface area (Å²) in [6, 6.07) is 5.00.